The number of nitrogens with one attached hydrogen (secondary N) is 1. The Bertz CT molecular complexity index is 590. The van der Waals surface area contributed by atoms with Gasteiger partial charge < -0.3 is 10.1 Å². The quantitative estimate of drug-likeness (QED) is 0.219. The Morgan fingerprint density at radius 1 is 0.767 bits per heavy atom. The molecule has 0 spiro atoms. The summed E-state index contributed by atoms with van der Waals surface area (Å²) in [6.45, 7) is 4.94. The summed E-state index contributed by atoms with van der Waals surface area (Å²) in [5, 5.41) is 2.89. The van der Waals surface area contributed by atoms with Crippen molar-refractivity contribution in [3.05, 3.63) is 29.6 Å². The Morgan fingerprint density at radius 2 is 1.27 bits per heavy atom. The molecule has 0 aliphatic rings. The minimum Gasteiger partial charge on any atom is -0.461 e. The van der Waals surface area contributed by atoms with Gasteiger partial charge in [-0.3, -0.25) is 4.79 Å². The zero-order chi connectivity index (χ0) is 21.9. The topological polar surface area (TPSA) is 68.3 Å². The van der Waals surface area contributed by atoms with E-state index in [1.165, 1.54) is 77.0 Å². The van der Waals surface area contributed by atoms with E-state index in [0.29, 0.717) is 6.54 Å². The number of ether oxygens (including phenoxy) is 1. The molecule has 0 aliphatic carbocycles. The smallest absolute Gasteiger partial charge is 0.356 e. The first-order valence-corrected chi connectivity index (χ1v) is 12.1. The lowest BCUT2D eigenvalue weighted by Gasteiger charge is -2.06. The Labute approximate surface area is 183 Å². The van der Waals surface area contributed by atoms with Crippen LogP contribution in [-0.4, -0.2) is 30.0 Å². The standard InChI is InChI=1S/C25H42N2O3/c1-3-5-6-7-8-9-10-11-12-13-14-15-16-17-21-26-24(28)22-19-18-20-23(27-22)25(29)30-4-2/h18-20H,3-17,21H2,1-2H3,(H,26,28). The van der Waals surface area contributed by atoms with Crippen LogP contribution in [0.5, 0.6) is 0 Å². The minimum atomic E-state index is -0.501. The monoisotopic (exact) mass is 418 g/mol. The van der Waals surface area contributed by atoms with Crippen LogP contribution in [0.25, 0.3) is 0 Å². The Morgan fingerprint density at radius 3 is 1.80 bits per heavy atom. The molecule has 0 saturated heterocycles. The van der Waals surface area contributed by atoms with Crippen molar-refractivity contribution in [2.75, 3.05) is 13.2 Å². The molecule has 1 amide bonds. The summed E-state index contributed by atoms with van der Waals surface area (Å²) < 4.78 is 4.92. The Kier molecular flexibility index (Phi) is 15.6. The van der Waals surface area contributed by atoms with Gasteiger partial charge in [0.05, 0.1) is 6.61 Å². The van der Waals surface area contributed by atoms with Crippen LogP contribution in [0.1, 0.15) is 125 Å². The molecule has 5 nitrogen and oxygen atoms in total. The molecule has 1 heterocycles. The molecule has 1 aromatic rings. The Balaban J connectivity index is 1.98. The van der Waals surface area contributed by atoms with Crippen LogP contribution in [0, 0.1) is 0 Å². The van der Waals surface area contributed by atoms with Crippen LogP contribution in [0.15, 0.2) is 18.2 Å². The molecule has 0 bridgehead atoms. The fourth-order valence-corrected chi connectivity index (χ4v) is 3.49. The van der Waals surface area contributed by atoms with Crippen LogP contribution < -0.4 is 5.32 Å². The number of rotatable bonds is 18. The number of carbonyl (C=O) groups is 2. The second-order valence-electron chi connectivity index (χ2n) is 7.98. The van der Waals surface area contributed by atoms with Crippen molar-refractivity contribution >= 4 is 11.9 Å². The summed E-state index contributed by atoms with van der Waals surface area (Å²) in [6, 6.07) is 4.83. The summed E-state index contributed by atoms with van der Waals surface area (Å²) in [7, 11) is 0. The number of esters is 1. The van der Waals surface area contributed by atoms with Crippen LogP contribution in [-0.2, 0) is 4.74 Å². The van der Waals surface area contributed by atoms with Crippen LogP contribution in [0.2, 0.25) is 0 Å². The molecule has 0 atom stereocenters. The predicted molar refractivity (Wildman–Crippen MR) is 123 cm³/mol. The van der Waals surface area contributed by atoms with Gasteiger partial charge in [0, 0.05) is 6.54 Å². The van der Waals surface area contributed by atoms with Gasteiger partial charge in [-0.1, -0.05) is 96.5 Å². The van der Waals surface area contributed by atoms with E-state index >= 15 is 0 Å². The van der Waals surface area contributed by atoms with Crippen LogP contribution >= 0.6 is 0 Å². The lowest BCUT2D eigenvalue weighted by molar-refractivity contribution is 0.0519. The zero-order valence-corrected chi connectivity index (χ0v) is 19.2. The number of pyridine rings is 1. The molecule has 0 radical (unpaired) electrons. The molecule has 170 valence electrons. The average molecular weight is 419 g/mol. The normalized spacial score (nSPS) is 10.7. The van der Waals surface area contributed by atoms with Crippen LogP contribution in [0.4, 0.5) is 0 Å². The minimum absolute atomic E-state index is 0.168. The van der Waals surface area contributed by atoms with E-state index in [9.17, 15) is 9.59 Å². The summed E-state index contributed by atoms with van der Waals surface area (Å²) in [4.78, 5) is 28.0. The van der Waals surface area contributed by atoms with Gasteiger partial charge in [-0.15, -0.1) is 0 Å². The number of hydrogen-bond donors (Lipinski definition) is 1. The molecule has 0 unspecified atom stereocenters. The number of carbonyl (C=O) groups excluding carboxylic acids is 2. The van der Waals surface area contributed by atoms with Crippen molar-refractivity contribution in [1.82, 2.24) is 10.3 Å². The van der Waals surface area contributed by atoms with Gasteiger partial charge in [0.25, 0.3) is 5.91 Å². The molecule has 5 heteroatoms. The highest BCUT2D eigenvalue weighted by Crippen LogP contribution is 2.12. The van der Waals surface area contributed by atoms with E-state index in [0.717, 1.165) is 12.8 Å². The molecular weight excluding hydrogens is 376 g/mol. The maximum Gasteiger partial charge on any atom is 0.356 e. The maximum absolute atomic E-state index is 12.2. The summed E-state index contributed by atoms with van der Waals surface area (Å²) >= 11 is 0. The van der Waals surface area contributed by atoms with E-state index < -0.39 is 5.97 Å². The third-order valence-electron chi connectivity index (χ3n) is 5.28. The van der Waals surface area contributed by atoms with Gasteiger partial charge in [-0.2, -0.15) is 0 Å². The van der Waals surface area contributed by atoms with Crippen molar-refractivity contribution in [3.8, 4) is 0 Å². The first-order chi connectivity index (χ1) is 14.7. The molecule has 0 aromatic carbocycles. The van der Waals surface area contributed by atoms with Crippen molar-refractivity contribution in [1.29, 1.82) is 0 Å². The summed E-state index contributed by atoms with van der Waals surface area (Å²) in [6.07, 6.45) is 18.4. The van der Waals surface area contributed by atoms with Crippen molar-refractivity contribution in [2.24, 2.45) is 0 Å². The number of amides is 1. The molecule has 1 aromatic heterocycles. The zero-order valence-electron chi connectivity index (χ0n) is 19.2. The second kappa shape index (κ2) is 17.9. The SMILES string of the molecule is CCCCCCCCCCCCCCCCNC(=O)c1cccc(C(=O)OCC)n1. The number of aromatic nitrogens is 1. The van der Waals surface area contributed by atoms with Gasteiger partial charge in [-0.05, 0) is 25.5 Å². The molecule has 0 aliphatic heterocycles. The first kappa shape index (κ1) is 26.1. The van der Waals surface area contributed by atoms with Crippen molar-refractivity contribution in [2.45, 2.75) is 104 Å². The largest absolute Gasteiger partial charge is 0.461 e. The van der Waals surface area contributed by atoms with Gasteiger partial charge in [0.1, 0.15) is 11.4 Å². The van der Waals surface area contributed by atoms with Gasteiger partial charge in [0.15, 0.2) is 0 Å². The molecule has 1 rings (SSSR count). The van der Waals surface area contributed by atoms with Gasteiger partial charge in [-0.25, -0.2) is 9.78 Å². The third kappa shape index (κ3) is 12.6. The van der Waals surface area contributed by atoms with E-state index in [4.69, 9.17) is 4.74 Å². The fourth-order valence-electron chi connectivity index (χ4n) is 3.49. The lowest BCUT2D eigenvalue weighted by atomic mass is 10.0. The number of unbranched alkanes of at least 4 members (excludes halogenated alkanes) is 13. The van der Waals surface area contributed by atoms with E-state index in [2.05, 4.69) is 17.2 Å². The highest BCUT2D eigenvalue weighted by Gasteiger charge is 2.12. The fraction of sp³-hybridized carbons (Fsp3) is 0.720. The van der Waals surface area contributed by atoms with E-state index in [1.54, 1.807) is 25.1 Å². The maximum atomic E-state index is 12.2. The molecule has 0 fully saturated rings. The molecule has 1 N–H and O–H groups in total. The average Bonchev–Trinajstić information content (AvgIpc) is 2.76. The molecule has 30 heavy (non-hydrogen) atoms. The van der Waals surface area contributed by atoms with Gasteiger partial charge >= 0.3 is 5.97 Å². The second-order valence-corrected chi connectivity index (χ2v) is 7.98. The van der Waals surface area contributed by atoms with E-state index in [1.807, 2.05) is 0 Å². The highest BCUT2D eigenvalue weighted by molar-refractivity contribution is 5.94. The first-order valence-electron chi connectivity index (χ1n) is 12.1. The van der Waals surface area contributed by atoms with Crippen molar-refractivity contribution in [3.63, 3.8) is 0 Å². The van der Waals surface area contributed by atoms with Crippen LogP contribution in [0.3, 0.4) is 0 Å². The predicted octanol–water partition coefficient (Wildman–Crippen LogP) is 6.47. The van der Waals surface area contributed by atoms with Gasteiger partial charge in [0.2, 0.25) is 0 Å². The number of nitrogens with zero attached hydrogens (tertiary/aromatic N) is 1. The molecule has 0 saturated carbocycles. The highest BCUT2D eigenvalue weighted by atomic mass is 16.5. The number of hydrogen-bond acceptors (Lipinski definition) is 4. The molecular formula is C25H42N2O3. The Hall–Kier alpha value is -1.91. The van der Waals surface area contributed by atoms with Crippen molar-refractivity contribution < 1.29 is 14.3 Å². The lowest BCUT2D eigenvalue weighted by Crippen LogP contribution is -2.26. The third-order valence-corrected chi connectivity index (χ3v) is 5.28. The van der Waals surface area contributed by atoms with E-state index in [-0.39, 0.29) is 23.9 Å². The summed E-state index contributed by atoms with van der Waals surface area (Å²) in [5.41, 5.74) is 0.423. The summed E-state index contributed by atoms with van der Waals surface area (Å²) in [5.74, 6) is -0.741.